The number of amides is 1. The van der Waals surface area contributed by atoms with Gasteiger partial charge in [0.15, 0.2) is 6.10 Å². The van der Waals surface area contributed by atoms with E-state index in [1.165, 1.54) is 45.4 Å². The Kier molecular flexibility index (Phi) is 6.30. The number of nitrogens with one attached hydrogen (secondary N) is 1. The zero-order valence-electron chi connectivity index (χ0n) is 14.4. The minimum Gasteiger partial charge on any atom is -0.507 e. The van der Waals surface area contributed by atoms with Gasteiger partial charge in [-0.2, -0.15) is 0 Å². The topological polar surface area (TPSA) is 94.1 Å². The Hall–Kier alpha value is -2.93. The molecule has 2 aromatic rings. The van der Waals surface area contributed by atoms with Crippen LogP contribution < -0.4 is 14.8 Å². The molecule has 0 aromatic heterocycles. The van der Waals surface area contributed by atoms with E-state index in [1.807, 2.05) is 0 Å². The molecule has 0 bridgehead atoms. The van der Waals surface area contributed by atoms with Gasteiger partial charge in [-0.05, 0) is 37.3 Å². The Bertz CT molecular complexity index is 823. The summed E-state index contributed by atoms with van der Waals surface area (Å²) in [4.78, 5) is 24.3. The number of carbonyl (C=O) groups is 2. The van der Waals surface area contributed by atoms with Crippen molar-refractivity contribution in [3.05, 3.63) is 47.0 Å². The van der Waals surface area contributed by atoms with Gasteiger partial charge in [-0.1, -0.05) is 11.6 Å². The van der Waals surface area contributed by atoms with Crippen LogP contribution in [0.3, 0.4) is 0 Å². The number of methoxy groups -OCH3 is 2. The lowest BCUT2D eigenvalue weighted by Crippen LogP contribution is -2.30. The van der Waals surface area contributed by atoms with Gasteiger partial charge in [0.05, 0.1) is 19.2 Å². The molecule has 0 aliphatic heterocycles. The fraction of sp³-hybridized carbons (Fsp3) is 0.222. The van der Waals surface area contributed by atoms with Crippen LogP contribution in [0.5, 0.6) is 17.2 Å². The van der Waals surface area contributed by atoms with Crippen molar-refractivity contribution in [2.24, 2.45) is 0 Å². The Balaban J connectivity index is 2.02. The first kappa shape index (κ1) is 19.4. The van der Waals surface area contributed by atoms with E-state index < -0.39 is 18.0 Å². The van der Waals surface area contributed by atoms with Gasteiger partial charge in [0.1, 0.15) is 22.8 Å². The van der Waals surface area contributed by atoms with Crippen LogP contribution in [0.1, 0.15) is 17.3 Å². The van der Waals surface area contributed by atoms with E-state index in [2.05, 4.69) is 5.32 Å². The molecule has 8 heteroatoms. The smallest absolute Gasteiger partial charge is 0.342 e. The molecule has 1 amide bonds. The van der Waals surface area contributed by atoms with Crippen molar-refractivity contribution in [1.29, 1.82) is 0 Å². The predicted octanol–water partition coefficient (Wildman–Crippen LogP) is 3.25. The SMILES string of the molecule is COc1ccc(C(=O)O[C@@H](C)C(=O)Nc2ccc(OC)c(Cl)c2)c(O)c1. The molecule has 7 nitrogen and oxygen atoms in total. The van der Waals surface area contributed by atoms with Crippen molar-refractivity contribution >= 4 is 29.2 Å². The summed E-state index contributed by atoms with van der Waals surface area (Å²) in [6.07, 6.45) is -1.09. The number of phenols is 1. The summed E-state index contributed by atoms with van der Waals surface area (Å²) in [5, 5.41) is 12.8. The summed E-state index contributed by atoms with van der Waals surface area (Å²) >= 11 is 6.00. The molecule has 0 unspecified atom stereocenters. The van der Waals surface area contributed by atoms with E-state index in [-0.39, 0.29) is 11.3 Å². The standard InChI is InChI=1S/C18H18ClNO6/c1-10(17(22)20-11-4-7-16(25-3)14(19)8-11)26-18(23)13-6-5-12(24-2)9-15(13)21/h4-10,21H,1-3H3,(H,20,22)/t10-/m0/s1. The lowest BCUT2D eigenvalue weighted by molar-refractivity contribution is -0.123. The molecule has 0 spiro atoms. The number of ether oxygens (including phenoxy) is 3. The highest BCUT2D eigenvalue weighted by Gasteiger charge is 2.21. The number of esters is 1. The van der Waals surface area contributed by atoms with Crippen LogP contribution in [0.15, 0.2) is 36.4 Å². The molecule has 0 radical (unpaired) electrons. The lowest BCUT2D eigenvalue weighted by atomic mass is 10.2. The third-order valence-electron chi connectivity index (χ3n) is 3.50. The van der Waals surface area contributed by atoms with Crippen molar-refractivity contribution < 1.29 is 28.9 Å². The summed E-state index contributed by atoms with van der Waals surface area (Å²) in [7, 11) is 2.92. The van der Waals surface area contributed by atoms with Crippen LogP contribution in [0.2, 0.25) is 5.02 Å². The molecule has 2 N–H and O–H groups in total. The molecule has 0 aliphatic carbocycles. The molecule has 1 atom stereocenters. The lowest BCUT2D eigenvalue weighted by Gasteiger charge is -2.15. The fourth-order valence-corrected chi connectivity index (χ4v) is 2.33. The number of anilines is 1. The molecule has 0 heterocycles. The Morgan fingerprint density at radius 2 is 1.85 bits per heavy atom. The summed E-state index contributed by atoms with van der Waals surface area (Å²) in [5.41, 5.74) is 0.355. The predicted molar refractivity (Wildman–Crippen MR) is 96.2 cm³/mol. The van der Waals surface area contributed by atoms with E-state index in [0.717, 1.165) is 0 Å². The molecular formula is C18H18ClNO6. The number of hydrogen-bond acceptors (Lipinski definition) is 6. The third-order valence-corrected chi connectivity index (χ3v) is 3.79. The minimum absolute atomic E-state index is 0.0714. The second kappa shape index (κ2) is 8.44. The number of carbonyl (C=O) groups excluding carboxylic acids is 2. The van der Waals surface area contributed by atoms with E-state index in [9.17, 15) is 14.7 Å². The molecule has 2 rings (SSSR count). The molecule has 2 aromatic carbocycles. The second-order valence-electron chi connectivity index (χ2n) is 5.27. The summed E-state index contributed by atoms with van der Waals surface area (Å²) in [6.45, 7) is 1.42. The van der Waals surface area contributed by atoms with Gasteiger partial charge in [-0.25, -0.2) is 4.79 Å². The molecular weight excluding hydrogens is 362 g/mol. The van der Waals surface area contributed by atoms with E-state index in [4.69, 9.17) is 25.8 Å². The number of halogens is 1. The average molecular weight is 380 g/mol. The van der Waals surface area contributed by atoms with Crippen molar-refractivity contribution in [3.8, 4) is 17.2 Å². The van der Waals surface area contributed by atoms with Crippen molar-refractivity contribution in [1.82, 2.24) is 0 Å². The highest BCUT2D eigenvalue weighted by atomic mass is 35.5. The van der Waals surface area contributed by atoms with Gasteiger partial charge < -0.3 is 24.6 Å². The van der Waals surface area contributed by atoms with Crippen molar-refractivity contribution in [2.75, 3.05) is 19.5 Å². The van der Waals surface area contributed by atoms with Crippen LogP contribution in [0.25, 0.3) is 0 Å². The Morgan fingerprint density at radius 3 is 2.42 bits per heavy atom. The summed E-state index contributed by atoms with van der Waals surface area (Å²) < 4.78 is 15.1. The van der Waals surface area contributed by atoms with Gasteiger partial charge >= 0.3 is 5.97 Å². The van der Waals surface area contributed by atoms with Crippen LogP contribution in [0, 0.1) is 0 Å². The van der Waals surface area contributed by atoms with Gasteiger partial charge in [0.25, 0.3) is 5.91 Å². The number of rotatable bonds is 6. The van der Waals surface area contributed by atoms with Crippen LogP contribution in [-0.2, 0) is 9.53 Å². The van der Waals surface area contributed by atoms with Crippen LogP contribution >= 0.6 is 11.6 Å². The van der Waals surface area contributed by atoms with Gasteiger partial charge in [0.2, 0.25) is 0 Å². The molecule has 26 heavy (non-hydrogen) atoms. The fourth-order valence-electron chi connectivity index (χ4n) is 2.08. The first-order valence-corrected chi connectivity index (χ1v) is 7.96. The van der Waals surface area contributed by atoms with E-state index in [1.54, 1.807) is 12.1 Å². The van der Waals surface area contributed by atoms with Crippen LogP contribution in [-0.4, -0.2) is 37.3 Å². The maximum atomic E-state index is 12.2. The largest absolute Gasteiger partial charge is 0.507 e. The number of phenolic OH excluding ortho intramolecular Hbond substituents is 1. The Morgan fingerprint density at radius 1 is 1.12 bits per heavy atom. The number of aromatic hydroxyl groups is 1. The maximum absolute atomic E-state index is 12.2. The zero-order chi connectivity index (χ0) is 19.3. The monoisotopic (exact) mass is 379 g/mol. The average Bonchev–Trinajstić information content (AvgIpc) is 2.61. The maximum Gasteiger partial charge on any atom is 0.342 e. The molecule has 138 valence electrons. The third kappa shape index (κ3) is 4.58. The summed E-state index contributed by atoms with van der Waals surface area (Å²) in [5.74, 6) is -0.822. The second-order valence-corrected chi connectivity index (χ2v) is 5.68. The van der Waals surface area contributed by atoms with Crippen molar-refractivity contribution in [3.63, 3.8) is 0 Å². The number of hydrogen-bond donors (Lipinski definition) is 2. The van der Waals surface area contributed by atoms with E-state index in [0.29, 0.717) is 22.2 Å². The highest BCUT2D eigenvalue weighted by molar-refractivity contribution is 6.32. The van der Waals surface area contributed by atoms with E-state index >= 15 is 0 Å². The minimum atomic E-state index is -1.09. The first-order valence-electron chi connectivity index (χ1n) is 7.58. The highest BCUT2D eigenvalue weighted by Crippen LogP contribution is 2.27. The molecule has 0 aliphatic rings. The first-order chi connectivity index (χ1) is 12.3. The quantitative estimate of drug-likeness (QED) is 0.748. The van der Waals surface area contributed by atoms with Crippen LogP contribution in [0.4, 0.5) is 5.69 Å². The van der Waals surface area contributed by atoms with Gasteiger partial charge in [-0.3, -0.25) is 4.79 Å². The van der Waals surface area contributed by atoms with Crippen molar-refractivity contribution in [2.45, 2.75) is 13.0 Å². The molecule has 0 saturated heterocycles. The molecule has 0 saturated carbocycles. The summed E-state index contributed by atoms with van der Waals surface area (Å²) in [6, 6.07) is 8.85. The Labute approximate surface area is 155 Å². The van der Waals surface area contributed by atoms with Gasteiger partial charge in [-0.15, -0.1) is 0 Å². The number of benzene rings is 2. The van der Waals surface area contributed by atoms with Gasteiger partial charge in [0, 0.05) is 11.8 Å². The normalized spacial score (nSPS) is 11.4. The zero-order valence-corrected chi connectivity index (χ0v) is 15.2. The molecule has 0 fully saturated rings.